The van der Waals surface area contributed by atoms with E-state index in [-0.39, 0.29) is 19.0 Å². The van der Waals surface area contributed by atoms with Gasteiger partial charge in [0.15, 0.2) is 0 Å². The van der Waals surface area contributed by atoms with E-state index in [1.165, 1.54) is 23.6 Å². The minimum absolute atomic E-state index is 0.146. The third kappa shape index (κ3) is 5.56. The highest BCUT2D eigenvalue weighted by Crippen LogP contribution is 2.40. The summed E-state index contributed by atoms with van der Waals surface area (Å²) in [4.78, 5) is 29.7. The van der Waals surface area contributed by atoms with Crippen molar-refractivity contribution >= 4 is 29.1 Å². The Morgan fingerprint density at radius 2 is 1.54 bits per heavy atom. The number of carbonyl (C=O) groups excluding carboxylic acids is 2. The highest BCUT2D eigenvalue weighted by atomic mass is 35.5. The Balaban J connectivity index is 1.55. The predicted octanol–water partition coefficient (Wildman–Crippen LogP) is 4.45. The number of halogens is 4. The zero-order valence-electron chi connectivity index (χ0n) is 20.7. The van der Waals surface area contributed by atoms with Gasteiger partial charge in [0, 0.05) is 51.9 Å². The molecule has 2 aliphatic heterocycles. The molecule has 2 amide bonds. The number of likely N-dealkylation sites (tertiary alicyclic amines) is 1. The molecule has 2 aliphatic rings. The zero-order valence-corrected chi connectivity index (χ0v) is 21.5. The van der Waals surface area contributed by atoms with Crippen molar-refractivity contribution in [2.45, 2.75) is 51.3 Å². The number of rotatable bonds is 5. The molecule has 3 rings (SSSR count). The van der Waals surface area contributed by atoms with Gasteiger partial charge in [-0.25, -0.2) is 0 Å². The van der Waals surface area contributed by atoms with Crippen LogP contribution in [-0.2, 0) is 4.79 Å². The molecule has 2 saturated heterocycles. The van der Waals surface area contributed by atoms with E-state index in [4.69, 9.17) is 11.6 Å². The van der Waals surface area contributed by atoms with E-state index in [2.05, 4.69) is 4.90 Å². The van der Waals surface area contributed by atoms with Crippen molar-refractivity contribution in [3.8, 4) is 0 Å². The van der Waals surface area contributed by atoms with E-state index in [1.54, 1.807) is 20.2 Å². The Morgan fingerprint density at radius 3 is 1.97 bits per heavy atom. The summed E-state index contributed by atoms with van der Waals surface area (Å²) in [5, 5.41) is 10.7. The molecule has 1 atom stereocenters. The number of hydrogen-bond acceptors (Lipinski definition) is 4. The number of amides is 2. The van der Waals surface area contributed by atoms with Gasteiger partial charge in [-0.3, -0.25) is 9.59 Å². The summed E-state index contributed by atoms with van der Waals surface area (Å²) in [6, 6.07) is 5.47. The van der Waals surface area contributed by atoms with E-state index >= 15 is 0 Å². The lowest BCUT2D eigenvalue weighted by atomic mass is 9.78. The van der Waals surface area contributed by atoms with Gasteiger partial charge in [-0.2, -0.15) is 13.2 Å². The van der Waals surface area contributed by atoms with Crippen molar-refractivity contribution in [3.05, 3.63) is 28.8 Å². The van der Waals surface area contributed by atoms with Crippen LogP contribution < -0.4 is 4.90 Å². The molecule has 0 bridgehead atoms. The summed E-state index contributed by atoms with van der Waals surface area (Å²) in [5.41, 5.74) is -1.92. The van der Waals surface area contributed by atoms with Gasteiger partial charge in [-0.05, 0) is 55.7 Å². The van der Waals surface area contributed by atoms with Gasteiger partial charge in [-0.15, -0.1) is 0 Å². The maximum atomic E-state index is 13.5. The summed E-state index contributed by atoms with van der Waals surface area (Å²) in [6.45, 7) is 4.53. The molecule has 1 N–H and O–H groups in total. The lowest BCUT2D eigenvalue weighted by Crippen LogP contribution is -2.62. The molecule has 35 heavy (non-hydrogen) atoms. The van der Waals surface area contributed by atoms with Crippen LogP contribution in [0.4, 0.5) is 18.9 Å². The summed E-state index contributed by atoms with van der Waals surface area (Å²) in [6.07, 6.45) is -1.87. The van der Waals surface area contributed by atoms with Crippen molar-refractivity contribution in [2.75, 3.05) is 45.2 Å². The maximum absolute atomic E-state index is 13.5. The third-order valence-corrected chi connectivity index (χ3v) is 7.89. The Kier molecular flexibility index (Phi) is 8.31. The highest BCUT2D eigenvalue weighted by Gasteiger charge is 2.62. The first-order chi connectivity index (χ1) is 16.3. The Morgan fingerprint density at radius 1 is 1.03 bits per heavy atom. The van der Waals surface area contributed by atoms with Crippen molar-refractivity contribution < 1.29 is 27.9 Å². The van der Waals surface area contributed by atoms with Crippen LogP contribution in [0.3, 0.4) is 0 Å². The van der Waals surface area contributed by atoms with Crippen LogP contribution in [-0.4, -0.2) is 78.8 Å². The Hall–Kier alpha value is -2.00. The minimum Gasteiger partial charge on any atom is -0.372 e. The molecule has 2 fully saturated rings. The standard InChI is InChI=1S/C25H35ClF3N3O3/c1-16(2)24(35,25(27,28)29)23(34)32-13-9-18(10-14-32)17-7-11-31(12-8-17)19-5-6-20(21(26)15-19)22(33)30(3)4/h5-6,15-18,35H,7-14H2,1-4H3/t24-/m0/s1. The van der Waals surface area contributed by atoms with Crippen molar-refractivity contribution in [1.82, 2.24) is 9.80 Å². The van der Waals surface area contributed by atoms with Gasteiger partial charge in [0.25, 0.3) is 11.8 Å². The SMILES string of the molecule is CC(C)[C@](O)(C(=O)N1CCC(C2CCN(c3ccc(C(=O)N(C)C)c(Cl)c3)CC2)CC1)C(F)(F)F. The van der Waals surface area contributed by atoms with E-state index in [9.17, 15) is 27.9 Å². The largest absolute Gasteiger partial charge is 0.426 e. The van der Waals surface area contributed by atoms with Gasteiger partial charge in [0.2, 0.25) is 5.60 Å². The molecular weight excluding hydrogens is 483 g/mol. The molecule has 6 nitrogen and oxygen atoms in total. The fraction of sp³-hybridized carbons (Fsp3) is 0.680. The summed E-state index contributed by atoms with van der Waals surface area (Å²) >= 11 is 6.36. The van der Waals surface area contributed by atoms with Crippen molar-refractivity contribution in [1.29, 1.82) is 0 Å². The fourth-order valence-corrected chi connectivity index (χ4v) is 5.51. The second kappa shape index (κ2) is 10.5. The van der Waals surface area contributed by atoms with Gasteiger partial charge in [0.05, 0.1) is 10.6 Å². The molecule has 1 aromatic carbocycles. The summed E-state index contributed by atoms with van der Waals surface area (Å²) < 4.78 is 40.5. The average molecular weight is 518 g/mol. The molecular formula is C25H35ClF3N3O3. The molecule has 0 unspecified atom stereocenters. The number of piperidine rings is 2. The smallest absolute Gasteiger partial charge is 0.372 e. The Labute approximate surface area is 210 Å². The number of hydrogen-bond donors (Lipinski definition) is 1. The zero-order chi connectivity index (χ0) is 26.1. The molecule has 1 aromatic rings. The van der Waals surface area contributed by atoms with Crippen LogP contribution in [0.2, 0.25) is 5.02 Å². The van der Waals surface area contributed by atoms with Gasteiger partial charge >= 0.3 is 6.18 Å². The van der Waals surface area contributed by atoms with Crippen molar-refractivity contribution in [2.24, 2.45) is 17.8 Å². The summed E-state index contributed by atoms with van der Waals surface area (Å²) in [5.74, 6) is -1.88. The number of benzene rings is 1. The van der Waals surface area contributed by atoms with Gasteiger partial charge in [-0.1, -0.05) is 25.4 Å². The number of anilines is 1. The normalized spacial score (nSPS) is 20.2. The number of nitrogens with zero attached hydrogens (tertiary/aromatic N) is 3. The van der Waals surface area contributed by atoms with E-state index in [0.717, 1.165) is 31.6 Å². The van der Waals surface area contributed by atoms with E-state index in [0.29, 0.717) is 35.3 Å². The van der Waals surface area contributed by atoms with Crippen LogP contribution in [0, 0.1) is 17.8 Å². The molecule has 196 valence electrons. The van der Waals surface area contributed by atoms with Crippen LogP contribution in [0.25, 0.3) is 0 Å². The predicted molar refractivity (Wildman–Crippen MR) is 130 cm³/mol. The first-order valence-corrected chi connectivity index (χ1v) is 12.5. The van der Waals surface area contributed by atoms with Crippen LogP contribution >= 0.6 is 11.6 Å². The molecule has 10 heteroatoms. The van der Waals surface area contributed by atoms with Crippen molar-refractivity contribution in [3.63, 3.8) is 0 Å². The first kappa shape index (κ1) is 27.6. The van der Waals surface area contributed by atoms with Gasteiger partial charge < -0.3 is 19.8 Å². The first-order valence-electron chi connectivity index (χ1n) is 12.1. The topological polar surface area (TPSA) is 64.1 Å². The van der Waals surface area contributed by atoms with Crippen LogP contribution in [0.5, 0.6) is 0 Å². The highest BCUT2D eigenvalue weighted by molar-refractivity contribution is 6.34. The molecule has 0 aromatic heterocycles. The second-order valence-corrected chi connectivity index (χ2v) is 10.6. The summed E-state index contributed by atoms with van der Waals surface area (Å²) in [7, 11) is 3.36. The minimum atomic E-state index is -5.01. The lowest BCUT2D eigenvalue weighted by molar-refractivity contribution is -0.270. The van der Waals surface area contributed by atoms with Crippen LogP contribution in [0.1, 0.15) is 49.9 Å². The number of carbonyl (C=O) groups is 2. The fourth-order valence-electron chi connectivity index (χ4n) is 5.25. The molecule has 0 aliphatic carbocycles. The molecule has 0 saturated carbocycles. The monoisotopic (exact) mass is 517 g/mol. The molecule has 0 spiro atoms. The van der Waals surface area contributed by atoms with E-state index in [1.807, 2.05) is 12.1 Å². The number of aliphatic hydroxyl groups is 1. The third-order valence-electron chi connectivity index (χ3n) is 7.58. The number of alkyl halides is 3. The van der Waals surface area contributed by atoms with E-state index < -0.39 is 23.6 Å². The average Bonchev–Trinajstić information content (AvgIpc) is 2.81. The molecule has 2 heterocycles. The van der Waals surface area contributed by atoms with Gasteiger partial charge in [0.1, 0.15) is 0 Å². The van der Waals surface area contributed by atoms with Crippen LogP contribution in [0.15, 0.2) is 18.2 Å². The second-order valence-electron chi connectivity index (χ2n) is 10.2. The lowest BCUT2D eigenvalue weighted by Gasteiger charge is -2.43. The Bertz CT molecular complexity index is 924. The molecule has 0 radical (unpaired) electrons. The maximum Gasteiger partial charge on any atom is 0.426 e. The quantitative estimate of drug-likeness (QED) is 0.627.